The Kier molecular flexibility index (Phi) is 6.50. The first-order valence-corrected chi connectivity index (χ1v) is 13.5. The number of esters is 1. The number of allylic oxidation sites excluding steroid dienone is 2. The Bertz CT molecular complexity index is 802. The molecule has 0 aromatic carbocycles. The normalized spacial score (nSPS) is 43.1. The van der Waals surface area contributed by atoms with Gasteiger partial charge in [0, 0.05) is 19.6 Å². The standard InChI is InChI=1S/C28H43NO4/c1-19(30)23-6-7-24-22-5-4-20-18-21(33-26(31)10-13-29-14-16-32-17-15-29)8-11-27(20,2)25(22)9-12-28(23,24)3/h6,20-22,24-25H,4-5,7-18H2,1-3H3/t20-,21+,22+,24-,25-,27-,28+/m0/s1. The molecule has 4 aliphatic carbocycles. The maximum atomic E-state index is 12.6. The van der Waals surface area contributed by atoms with E-state index in [9.17, 15) is 9.59 Å². The van der Waals surface area contributed by atoms with Crippen LogP contribution in [0.2, 0.25) is 0 Å². The van der Waals surface area contributed by atoms with Gasteiger partial charge < -0.3 is 9.47 Å². The van der Waals surface area contributed by atoms with Crippen molar-refractivity contribution in [3.63, 3.8) is 0 Å². The summed E-state index contributed by atoms with van der Waals surface area (Å²) in [6.45, 7) is 10.8. The summed E-state index contributed by atoms with van der Waals surface area (Å²) in [6.07, 6.45) is 12.1. The lowest BCUT2D eigenvalue weighted by atomic mass is 9.44. The van der Waals surface area contributed by atoms with Crippen molar-refractivity contribution in [1.29, 1.82) is 0 Å². The van der Waals surface area contributed by atoms with Crippen LogP contribution in [0.4, 0.5) is 0 Å². The molecule has 4 fully saturated rings. The molecule has 184 valence electrons. The molecule has 33 heavy (non-hydrogen) atoms. The van der Waals surface area contributed by atoms with Crippen LogP contribution in [0.15, 0.2) is 11.6 Å². The van der Waals surface area contributed by atoms with Gasteiger partial charge in [-0.3, -0.25) is 14.5 Å². The van der Waals surface area contributed by atoms with E-state index in [-0.39, 0.29) is 23.3 Å². The Morgan fingerprint density at radius 3 is 2.64 bits per heavy atom. The molecule has 5 nitrogen and oxygen atoms in total. The van der Waals surface area contributed by atoms with E-state index in [4.69, 9.17) is 9.47 Å². The first-order chi connectivity index (χ1) is 15.8. The Labute approximate surface area is 199 Å². The summed E-state index contributed by atoms with van der Waals surface area (Å²) < 4.78 is 11.4. The molecule has 1 heterocycles. The second-order valence-corrected chi connectivity index (χ2v) is 12.1. The van der Waals surface area contributed by atoms with Crippen molar-refractivity contribution in [2.75, 3.05) is 32.8 Å². The molecule has 0 radical (unpaired) electrons. The smallest absolute Gasteiger partial charge is 0.307 e. The molecule has 5 heteroatoms. The molecular formula is C28H43NO4. The SMILES string of the molecule is CC(=O)C1=CC[C@H]2[C@H]3CC[C@H]4C[C@H](OC(=O)CCN5CCOCC5)CC[C@]4(C)[C@H]3CC[C@]12C. The number of rotatable bonds is 5. The number of ether oxygens (including phenoxy) is 2. The van der Waals surface area contributed by atoms with Crippen molar-refractivity contribution in [3.05, 3.63) is 11.6 Å². The summed E-state index contributed by atoms with van der Waals surface area (Å²) in [6, 6.07) is 0. The zero-order valence-electron chi connectivity index (χ0n) is 20.9. The fourth-order valence-electron chi connectivity index (χ4n) is 8.76. The predicted octanol–water partition coefficient (Wildman–Crippen LogP) is 4.79. The third-order valence-electron chi connectivity index (χ3n) is 10.6. The first-order valence-electron chi connectivity index (χ1n) is 13.5. The second kappa shape index (κ2) is 9.11. The van der Waals surface area contributed by atoms with Gasteiger partial charge in [-0.15, -0.1) is 0 Å². The quantitative estimate of drug-likeness (QED) is 0.556. The highest BCUT2D eigenvalue weighted by Gasteiger charge is 2.59. The van der Waals surface area contributed by atoms with E-state index in [0.29, 0.717) is 23.7 Å². The van der Waals surface area contributed by atoms with Crippen molar-refractivity contribution in [1.82, 2.24) is 4.90 Å². The molecule has 1 saturated heterocycles. The number of ketones is 1. The number of carbonyl (C=O) groups excluding carboxylic acids is 2. The Morgan fingerprint density at radius 1 is 1.09 bits per heavy atom. The van der Waals surface area contributed by atoms with E-state index in [1.54, 1.807) is 6.92 Å². The minimum Gasteiger partial charge on any atom is -0.462 e. The van der Waals surface area contributed by atoms with Crippen molar-refractivity contribution < 1.29 is 19.1 Å². The van der Waals surface area contributed by atoms with E-state index >= 15 is 0 Å². The van der Waals surface area contributed by atoms with Gasteiger partial charge in [0.1, 0.15) is 6.10 Å². The maximum absolute atomic E-state index is 12.6. The van der Waals surface area contributed by atoms with Crippen LogP contribution in [0.3, 0.4) is 0 Å². The highest BCUT2D eigenvalue weighted by molar-refractivity contribution is 5.95. The molecule has 0 amide bonds. The van der Waals surface area contributed by atoms with Crippen molar-refractivity contribution >= 4 is 11.8 Å². The molecule has 7 atom stereocenters. The van der Waals surface area contributed by atoms with Crippen LogP contribution in [-0.2, 0) is 19.1 Å². The zero-order valence-corrected chi connectivity index (χ0v) is 20.9. The molecule has 0 spiro atoms. The average Bonchev–Trinajstić information content (AvgIpc) is 3.16. The van der Waals surface area contributed by atoms with E-state index < -0.39 is 0 Å². The number of fused-ring (bicyclic) bond motifs is 5. The van der Waals surface area contributed by atoms with E-state index in [0.717, 1.165) is 75.9 Å². The topological polar surface area (TPSA) is 55.8 Å². The third-order valence-corrected chi connectivity index (χ3v) is 10.6. The summed E-state index contributed by atoms with van der Waals surface area (Å²) in [4.78, 5) is 27.2. The van der Waals surface area contributed by atoms with Gasteiger partial charge in [0.25, 0.3) is 0 Å². The lowest BCUT2D eigenvalue weighted by molar-refractivity contribution is -0.161. The van der Waals surface area contributed by atoms with Crippen molar-refractivity contribution in [3.8, 4) is 0 Å². The van der Waals surface area contributed by atoms with Gasteiger partial charge in [0.05, 0.1) is 19.6 Å². The second-order valence-electron chi connectivity index (χ2n) is 12.1. The summed E-state index contributed by atoms with van der Waals surface area (Å²) in [7, 11) is 0. The highest BCUT2D eigenvalue weighted by Crippen LogP contribution is 2.66. The van der Waals surface area contributed by atoms with Crippen LogP contribution in [0.5, 0.6) is 0 Å². The first kappa shape index (κ1) is 23.5. The largest absolute Gasteiger partial charge is 0.462 e. The number of nitrogens with zero attached hydrogens (tertiary/aromatic N) is 1. The molecule has 3 saturated carbocycles. The summed E-state index contributed by atoms with van der Waals surface area (Å²) in [5.41, 5.74) is 1.58. The van der Waals surface area contributed by atoms with Crippen molar-refractivity contribution in [2.45, 2.75) is 84.7 Å². The lowest BCUT2D eigenvalue weighted by Crippen LogP contribution is -2.54. The lowest BCUT2D eigenvalue weighted by Gasteiger charge is -2.60. The number of carbonyl (C=O) groups is 2. The molecule has 0 bridgehead atoms. The molecule has 5 aliphatic rings. The van der Waals surface area contributed by atoms with Crippen LogP contribution in [0.1, 0.15) is 78.6 Å². The van der Waals surface area contributed by atoms with E-state index in [1.165, 1.54) is 25.7 Å². The van der Waals surface area contributed by atoms with Crippen LogP contribution >= 0.6 is 0 Å². The number of morpholine rings is 1. The van der Waals surface area contributed by atoms with Crippen LogP contribution in [0.25, 0.3) is 0 Å². The molecular weight excluding hydrogens is 414 g/mol. The molecule has 0 aromatic heterocycles. The minimum absolute atomic E-state index is 0.0222. The fraction of sp³-hybridized carbons (Fsp3) is 0.857. The maximum Gasteiger partial charge on any atom is 0.307 e. The Balaban J connectivity index is 1.18. The van der Waals surface area contributed by atoms with Crippen LogP contribution in [-0.4, -0.2) is 55.6 Å². The summed E-state index contributed by atoms with van der Waals surface area (Å²) in [5, 5.41) is 0. The van der Waals surface area contributed by atoms with E-state index in [2.05, 4.69) is 24.8 Å². The number of Topliss-reactive ketones (excluding diaryl/α,β-unsaturated/α-hetero) is 1. The molecule has 5 rings (SSSR count). The fourth-order valence-corrected chi connectivity index (χ4v) is 8.76. The zero-order chi connectivity index (χ0) is 23.2. The number of hydrogen-bond acceptors (Lipinski definition) is 5. The van der Waals surface area contributed by atoms with Crippen LogP contribution in [0, 0.1) is 34.5 Å². The number of hydrogen-bond donors (Lipinski definition) is 0. The minimum atomic E-state index is -0.0222. The Hall–Kier alpha value is -1.20. The van der Waals surface area contributed by atoms with Crippen molar-refractivity contribution in [2.24, 2.45) is 34.5 Å². The molecule has 1 aliphatic heterocycles. The highest BCUT2D eigenvalue weighted by atomic mass is 16.5. The van der Waals surface area contributed by atoms with Gasteiger partial charge in [-0.25, -0.2) is 0 Å². The van der Waals surface area contributed by atoms with Gasteiger partial charge >= 0.3 is 5.97 Å². The van der Waals surface area contributed by atoms with Gasteiger partial charge in [0.15, 0.2) is 5.78 Å². The van der Waals surface area contributed by atoms with Gasteiger partial charge in [-0.05, 0) is 98.4 Å². The monoisotopic (exact) mass is 457 g/mol. The predicted molar refractivity (Wildman–Crippen MR) is 128 cm³/mol. The van der Waals surface area contributed by atoms with Gasteiger partial charge in [-0.2, -0.15) is 0 Å². The van der Waals surface area contributed by atoms with Gasteiger partial charge in [-0.1, -0.05) is 19.9 Å². The third kappa shape index (κ3) is 4.22. The molecule has 0 N–H and O–H groups in total. The van der Waals surface area contributed by atoms with E-state index in [1.807, 2.05) is 0 Å². The average molecular weight is 458 g/mol. The summed E-state index contributed by atoms with van der Waals surface area (Å²) >= 11 is 0. The molecule has 0 unspecified atom stereocenters. The Morgan fingerprint density at radius 2 is 1.88 bits per heavy atom. The van der Waals surface area contributed by atoms with Crippen LogP contribution < -0.4 is 0 Å². The summed E-state index contributed by atoms with van der Waals surface area (Å²) in [5.74, 6) is 3.07. The molecule has 0 aromatic rings. The van der Waals surface area contributed by atoms with Gasteiger partial charge in [0.2, 0.25) is 0 Å².